The lowest BCUT2D eigenvalue weighted by atomic mass is 9.75. The van der Waals surface area contributed by atoms with E-state index in [1.165, 1.54) is 7.11 Å². The maximum absolute atomic E-state index is 13.2. The fourth-order valence-electron chi connectivity index (χ4n) is 4.26. The van der Waals surface area contributed by atoms with E-state index in [1.54, 1.807) is 18.1 Å². The summed E-state index contributed by atoms with van der Waals surface area (Å²) in [6.45, 7) is 2.67. The third kappa shape index (κ3) is 5.03. The van der Waals surface area contributed by atoms with Crippen LogP contribution in [0.15, 0.2) is 12.1 Å². The summed E-state index contributed by atoms with van der Waals surface area (Å²) in [7, 11) is 3.10. The van der Waals surface area contributed by atoms with E-state index < -0.39 is 12.0 Å². The van der Waals surface area contributed by atoms with E-state index in [1.807, 2.05) is 13.0 Å². The molecule has 1 saturated carbocycles. The predicted molar refractivity (Wildman–Crippen MR) is 122 cm³/mol. The van der Waals surface area contributed by atoms with Crippen molar-refractivity contribution in [1.29, 1.82) is 0 Å². The van der Waals surface area contributed by atoms with E-state index in [4.69, 9.17) is 26.4 Å². The van der Waals surface area contributed by atoms with Crippen LogP contribution in [0.4, 0.5) is 0 Å². The van der Waals surface area contributed by atoms with Crippen LogP contribution in [0.3, 0.4) is 0 Å². The fourth-order valence-corrected chi connectivity index (χ4v) is 5.16. The Morgan fingerprint density at radius 2 is 1.77 bits per heavy atom. The van der Waals surface area contributed by atoms with E-state index in [9.17, 15) is 14.4 Å². The number of amides is 1. The number of Topliss-reactive ketones (excluding diaryl/α,β-unsaturated/α-hetero) is 2. The van der Waals surface area contributed by atoms with Crippen molar-refractivity contribution in [1.82, 2.24) is 4.90 Å². The standard InChI is InChI=1S/C22H27NO6S2/c1-4-29-22(30)31-12-19(26)23-9-8-13-10-17(27-2)18(28-3)11-14(13)21(23)20-15(24)6-5-7-16(20)25/h10-11,20-21H,4-9,12H2,1-3H3. The van der Waals surface area contributed by atoms with Crippen LogP contribution in [-0.2, 0) is 25.5 Å². The summed E-state index contributed by atoms with van der Waals surface area (Å²) in [6, 6.07) is 3.02. The van der Waals surface area contributed by atoms with Crippen molar-refractivity contribution < 1.29 is 28.6 Å². The zero-order chi connectivity index (χ0) is 22.5. The minimum absolute atomic E-state index is 0.0903. The molecule has 1 amide bonds. The summed E-state index contributed by atoms with van der Waals surface area (Å²) >= 11 is 6.27. The molecule has 7 nitrogen and oxygen atoms in total. The summed E-state index contributed by atoms with van der Waals surface area (Å²) in [5.41, 5.74) is 1.72. The summed E-state index contributed by atoms with van der Waals surface area (Å²) in [6.07, 6.45) is 1.85. The molecule has 0 saturated heterocycles. The van der Waals surface area contributed by atoms with Gasteiger partial charge in [0, 0.05) is 19.4 Å². The smallest absolute Gasteiger partial charge is 0.233 e. The summed E-state index contributed by atoms with van der Waals surface area (Å²) in [4.78, 5) is 40.5. The SMILES string of the molecule is CCOC(=S)SCC(=O)N1CCc2cc(OC)c(OC)cc2C1C1C(=O)CCCC1=O. The van der Waals surface area contributed by atoms with Gasteiger partial charge < -0.3 is 19.1 Å². The number of fused-ring (bicyclic) bond motifs is 1. The fraction of sp³-hybridized carbons (Fsp3) is 0.545. The van der Waals surface area contributed by atoms with E-state index in [2.05, 4.69) is 0 Å². The van der Waals surface area contributed by atoms with Crippen molar-refractivity contribution in [2.24, 2.45) is 5.92 Å². The lowest BCUT2D eigenvalue weighted by molar-refractivity contribution is -0.142. The molecule has 2 aliphatic rings. The number of thiocarbonyl (C=S) groups is 1. The molecule has 0 aromatic heterocycles. The Hall–Kier alpha value is -2.13. The third-order valence-electron chi connectivity index (χ3n) is 5.67. The average molecular weight is 466 g/mol. The maximum atomic E-state index is 13.2. The number of benzene rings is 1. The topological polar surface area (TPSA) is 82.1 Å². The normalized spacial score (nSPS) is 19.1. The Morgan fingerprint density at radius 1 is 1.13 bits per heavy atom. The van der Waals surface area contributed by atoms with Gasteiger partial charge in [0.2, 0.25) is 10.3 Å². The Bertz CT molecular complexity index is 871. The van der Waals surface area contributed by atoms with Crippen LogP contribution in [0.2, 0.25) is 0 Å². The highest BCUT2D eigenvalue weighted by Gasteiger charge is 2.44. The second-order valence-electron chi connectivity index (χ2n) is 7.42. The zero-order valence-corrected chi connectivity index (χ0v) is 19.6. The van der Waals surface area contributed by atoms with Crippen molar-refractivity contribution in [2.45, 2.75) is 38.6 Å². The molecule has 1 unspecified atom stereocenters. The minimum atomic E-state index is -0.862. The Morgan fingerprint density at radius 3 is 2.39 bits per heavy atom. The molecule has 31 heavy (non-hydrogen) atoms. The van der Waals surface area contributed by atoms with Gasteiger partial charge in [0.1, 0.15) is 17.5 Å². The van der Waals surface area contributed by atoms with Gasteiger partial charge in [0.25, 0.3) is 0 Å². The molecule has 9 heteroatoms. The first-order chi connectivity index (χ1) is 14.9. The first-order valence-corrected chi connectivity index (χ1v) is 11.7. The molecule has 1 aromatic carbocycles. The number of thioether (sulfide) groups is 1. The average Bonchev–Trinajstić information content (AvgIpc) is 2.76. The quantitative estimate of drug-likeness (QED) is 0.468. The van der Waals surface area contributed by atoms with Gasteiger partial charge >= 0.3 is 0 Å². The van der Waals surface area contributed by atoms with Crippen LogP contribution in [0.5, 0.6) is 11.5 Å². The summed E-state index contributed by atoms with van der Waals surface area (Å²) < 4.78 is 16.4. The van der Waals surface area contributed by atoms with Gasteiger partial charge in [-0.15, -0.1) is 0 Å². The molecule has 3 rings (SSSR count). The Labute approximate surface area is 191 Å². The Balaban J connectivity index is 1.99. The first kappa shape index (κ1) is 23.5. The number of hydrogen-bond acceptors (Lipinski definition) is 8. The van der Waals surface area contributed by atoms with Crippen LogP contribution in [-0.4, -0.2) is 59.9 Å². The largest absolute Gasteiger partial charge is 0.493 e. The van der Waals surface area contributed by atoms with Crippen molar-refractivity contribution >= 4 is 45.8 Å². The van der Waals surface area contributed by atoms with Gasteiger partial charge in [-0.1, -0.05) is 11.8 Å². The van der Waals surface area contributed by atoms with Crippen LogP contribution in [0, 0.1) is 5.92 Å². The van der Waals surface area contributed by atoms with Crippen LogP contribution < -0.4 is 9.47 Å². The molecule has 1 atom stereocenters. The number of rotatable bonds is 6. The van der Waals surface area contributed by atoms with E-state index in [0.717, 1.165) is 22.9 Å². The number of hydrogen-bond donors (Lipinski definition) is 0. The number of ketones is 2. The van der Waals surface area contributed by atoms with Crippen LogP contribution in [0.25, 0.3) is 0 Å². The van der Waals surface area contributed by atoms with Crippen LogP contribution in [0.1, 0.15) is 43.4 Å². The lowest BCUT2D eigenvalue weighted by Gasteiger charge is -2.42. The molecule has 0 bridgehead atoms. The van der Waals surface area contributed by atoms with Gasteiger partial charge in [-0.25, -0.2) is 0 Å². The van der Waals surface area contributed by atoms with E-state index >= 15 is 0 Å². The van der Waals surface area contributed by atoms with E-state index in [-0.39, 0.29) is 23.2 Å². The highest BCUT2D eigenvalue weighted by atomic mass is 32.2. The molecule has 0 spiro atoms. The molecular weight excluding hydrogens is 438 g/mol. The molecule has 1 aromatic rings. The number of carbonyl (C=O) groups is 3. The molecule has 1 aliphatic carbocycles. The molecule has 0 N–H and O–H groups in total. The first-order valence-electron chi connectivity index (χ1n) is 10.3. The van der Waals surface area contributed by atoms with Crippen molar-refractivity contribution in [3.63, 3.8) is 0 Å². The number of ether oxygens (including phenoxy) is 3. The molecular formula is C22H27NO6S2. The molecule has 0 radical (unpaired) electrons. The zero-order valence-electron chi connectivity index (χ0n) is 18.0. The van der Waals surface area contributed by atoms with Gasteiger partial charge in [-0.05, 0) is 55.2 Å². The molecule has 1 heterocycles. The van der Waals surface area contributed by atoms with E-state index in [0.29, 0.717) is 54.7 Å². The lowest BCUT2D eigenvalue weighted by Crippen LogP contribution is -2.49. The van der Waals surface area contributed by atoms with Gasteiger partial charge in [-0.3, -0.25) is 14.4 Å². The summed E-state index contributed by atoms with van der Waals surface area (Å²) in [5, 5.41) is 0. The number of nitrogens with zero attached hydrogens (tertiary/aromatic N) is 1. The maximum Gasteiger partial charge on any atom is 0.233 e. The molecule has 1 aliphatic heterocycles. The van der Waals surface area contributed by atoms with Crippen molar-refractivity contribution in [3.05, 3.63) is 23.3 Å². The summed E-state index contributed by atoms with van der Waals surface area (Å²) in [5.74, 6) is -0.0879. The monoisotopic (exact) mass is 465 g/mol. The second-order valence-corrected chi connectivity index (χ2v) is 9.00. The van der Waals surface area contributed by atoms with Crippen molar-refractivity contribution in [2.75, 3.05) is 33.1 Å². The van der Waals surface area contributed by atoms with Gasteiger partial charge in [-0.2, -0.15) is 0 Å². The highest BCUT2D eigenvalue weighted by molar-refractivity contribution is 8.23. The minimum Gasteiger partial charge on any atom is -0.493 e. The van der Waals surface area contributed by atoms with Crippen molar-refractivity contribution in [3.8, 4) is 11.5 Å². The number of carbonyl (C=O) groups excluding carboxylic acids is 3. The number of methoxy groups -OCH3 is 2. The molecule has 1 fully saturated rings. The van der Waals surface area contributed by atoms with Gasteiger partial charge in [0.15, 0.2) is 11.5 Å². The predicted octanol–water partition coefficient (Wildman–Crippen LogP) is 3.12. The van der Waals surface area contributed by atoms with Gasteiger partial charge in [0.05, 0.1) is 32.6 Å². The molecule has 168 valence electrons. The second kappa shape index (κ2) is 10.5. The Kier molecular flexibility index (Phi) is 7.94. The highest BCUT2D eigenvalue weighted by Crippen LogP contribution is 2.43. The van der Waals surface area contributed by atoms with Crippen LogP contribution >= 0.6 is 24.0 Å². The third-order valence-corrected chi connectivity index (χ3v) is 6.89.